The number of nitrogens with zero attached hydrogens (tertiary/aromatic N) is 2. The van der Waals surface area contributed by atoms with Gasteiger partial charge in [-0.2, -0.15) is 5.10 Å². The fourth-order valence-electron chi connectivity index (χ4n) is 4.39. The smallest absolute Gasteiger partial charge is 0.273 e. The normalized spacial score (nSPS) is 14.9. The lowest BCUT2D eigenvalue weighted by Gasteiger charge is -2.27. The minimum atomic E-state index is -0.480. The van der Waals surface area contributed by atoms with Crippen LogP contribution in [0.5, 0.6) is 23.0 Å². The molecule has 9 heteroatoms. The summed E-state index contributed by atoms with van der Waals surface area (Å²) in [6.45, 7) is 3.57. The molecule has 0 radical (unpaired) electrons. The molecule has 1 aromatic heterocycles. The second kappa shape index (κ2) is 10.0. The van der Waals surface area contributed by atoms with Crippen LogP contribution in [0.3, 0.4) is 0 Å². The number of ether oxygens (including phenoxy) is 4. The Morgan fingerprint density at radius 3 is 2.41 bits per heavy atom. The van der Waals surface area contributed by atoms with E-state index in [4.69, 9.17) is 18.9 Å². The van der Waals surface area contributed by atoms with Crippen LogP contribution in [-0.4, -0.2) is 67.2 Å². The van der Waals surface area contributed by atoms with Gasteiger partial charge in [-0.15, -0.1) is 0 Å². The number of hydrogen-bond acceptors (Lipinski definition) is 7. The minimum absolute atomic E-state index is 0.0858. The van der Waals surface area contributed by atoms with Crippen molar-refractivity contribution in [2.75, 3.05) is 41.1 Å². The highest BCUT2D eigenvalue weighted by atomic mass is 16.5. The van der Waals surface area contributed by atoms with Gasteiger partial charge in [-0.3, -0.25) is 9.89 Å². The molecule has 34 heavy (non-hydrogen) atoms. The van der Waals surface area contributed by atoms with Crippen LogP contribution in [0.1, 0.15) is 41.0 Å². The largest absolute Gasteiger partial charge is 0.507 e. The third-order valence-electron chi connectivity index (χ3n) is 5.92. The van der Waals surface area contributed by atoms with Gasteiger partial charge in [0.05, 0.1) is 27.4 Å². The Balaban J connectivity index is 1.87. The van der Waals surface area contributed by atoms with Crippen molar-refractivity contribution >= 4 is 5.91 Å². The maximum absolute atomic E-state index is 13.5. The monoisotopic (exact) mass is 467 g/mol. The predicted molar refractivity (Wildman–Crippen MR) is 126 cm³/mol. The molecule has 0 unspecified atom stereocenters. The van der Waals surface area contributed by atoms with Crippen LogP contribution >= 0.6 is 0 Å². The van der Waals surface area contributed by atoms with E-state index < -0.39 is 6.04 Å². The number of aromatic hydroxyl groups is 1. The summed E-state index contributed by atoms with van der Waals surface area (Å²) in [5.41, 5.74) is 2.93. The maximum Gasteiger partial charge on any atom is 0.273 e. The zero-order chi connectivity index (χ0) is 24.2. The Morgan fingerprint density at radius 1 is 1.09 bits per heavy atom. The van der Waals surface area contributed by atoms with Crippen LogP contribution in [0.4, 0.5) is 0 Å². The number of rotatable bonds is 10. The molecule has 2 heterocycles. The highest BCUT2D eigenvalue weighted by Gasteiger charge is 2.42. The number of phenolic OH excluding ortho intramolecular Hbond substituents is 1. The Morgan fingerprint density at radius 2 is 1.79 bits per heavy atom. The number of aromatic amines is 1. The summed E-state index contributed by atoms with van der Waals surface area (Å²) >= 11 is 0. The van der Waals surface area contributed by atoms with Gasteiger partial charge in [0.15, 0.2) is 11.5 Å². The van der Waals surface area contributed by atoms with Crippen molar-refractivity contribution in [3.05, 3.63) is 53.2 Å². The highest BCUT2D eigenvalue weighted by molar-refractivity contribution is 6.00. The van der Waals surface area contributed by atoms with Gasteiger partial charge < -0.3 is 29.0 Å². The summed E-state index contributed by atoms with van der Waals surface area (Å²) in [5, 5.41) is 17.8. The molecular formula is C25H29N3O6. The zero-order valence-corrected chi connectivity index (χ0v) is 19.8. The zero-order valence-electron chi connectivity index (χ0n) is 19.8. The topological polar surface area (TPSA) is 106 Å². The summed E-state index contributed by atoms with van der Waals surface area (Å²) in [5.74, 6) is 1.36. The van der Waals surface area contributed by atoms with Crippen molar-refractivity contribution in [2.24, 2.45) is 0 Å². The van der Waals surface area contributed by atoms with Crippen LogP contribution in [0.15, 0.2) is 36.4 Å². The van der Waals surface area contributed by atoms with Crippen molar-refractivity contribution in [1.29, 1.82) is 0 Å². The number of nitrogens with one attached hydrogen (secondary N) is 1. The molecule has 0 spiro atoms. The van der Waals surface area contributed by atoms with Gasteiger partial charge in [0, 0.05) is 30.9 Å². The average Bonchev–Trinajstić information content (AvgIpc) is 3.40. The van der Waals surface area contributed by atoms with Gasteiger partial charge in [-0.1, -0.05) is 12.1 Å². The van der Waals surface area contributed by atoms with Gasteiger partial charge in [0.2, 0.25) is 5.75 Å². The molecule has 1 aliphatic heterocycles. The molecule has 1 amide bonds. The number of fused-ring (bicyclic) bond motifs is 1. The lowest BCUT2D eigenvalue weighted by atomic mass is 9.95. The molecule has 0 fully saturated rings. The number of carbonyl (C=O) groups is 1. The van der Waals surface area contributed by atoms with E-state index in [9.17, 15) is 9.90 Å². The number of carbonyl (C=O) groups excluding carboxylic acids is 1. The molecule has 1 aliphatic rings. The van der Waals surface area contributed by atoms with E-state index in [0.717, 1.165) is 5.56 Å². The molecule has 1 atom stereocenters. The molecule has 0 saturated carbocycles. The lowest BCUT2D eigenvalue weighted by molar-refractivity contribution is 0.0710. The van der Waals surface area contributed by atoms with Crippen LogP contribution in [0, 0.1) is 0 Å². The van der Waals surface area contributed by atoms with Crippen LogP contribution in [0.2, 0.25) is 0 Å². The molecule has 0 bridgehead atoms. The van der Waals surface area contributed by atoms with Crippen molar-refractivity contribution < 1.29 is 28.8 Å². The van der Waals surface area contributed by atoms with Gasteiger partial charge in [0.25, 0.3) is 5.91 Å². The second-order valence-electron chi connectivity index (χ2n) is 7.79. The summed E-state index contributed by atoms with van der Waals surface area (Å²) in [6.07, 6.45) is 0.671. The molecule has 0 aliphatic carbocycles. The number of amides is 1. The Hall–Kier alpha value is -3.72. The van der Waals surface area contributed by atoms with Gasteiger partial charge >= 0.3 is 0 Å². The van der Waals surface area contributed by atoms with E-state index >= 15 is 0 Å². The molecule has 180 valence electrons. The third-order valence-corrected chi connectivity index (χ3v) is 5.92. The van der Waals surface area contributed by atoms with Crippen molar-refractivity contribution in [3.8, 4) is 34.3 Å². The molecular weight excluding hydrogens is 438 g/mol. The number of methoxy groups -OCH3 is 3. The third kappa shape index (κ3) is 4.03. The molecule has 0 saturated heterocycles. The molecule has 3 aromatic rings. The van der Waals surface area contributed by atoms with Crippen molar-refractivity contribution in [2.45, 2.75) is 19.4 Å². The second-order valence-corrected chi connectivity index (χ2v) is 7.79. The highest BCUT2D eigenvalue weighted by Crippen LogP contribution is 2.48. The van der Waals surface area contributed by atoms with E-state index in [2.05, 4.69) is 10.2 Å². The van der Waals surface area contributed by atoms with E-state index in [-0.39, 0.29) is 11.7 Å². The first kappa shape index (κ1) is 23.4. The summed E-state index contributed by atoms with van der Waals surface area (Å²) in [7, 11) is 4.65. The Kier molecular flexibility index (Phi) is 6.93. The minimum Gasteiger partial charge on any atom is -0.507 e. The predicted octanol–water partition coefficient (Wildman–Crippen LogP) is 3.78. The fourth-order valence-corrected chi connectivity index (χ4v) is 4.39. The molecule has 4 rings (SSSR count). The van der Waals surface area contributed by atoms with E-state index in [1.165, 1.54) is 0 Å². The van der Waals surface area contributed by atoms with E-state index in [1.54, 1.807) is 44.4 Å². The number of aromatic nitrogens is 2. The first-order chi connectivity index (χ1) is 16.5. The SMILES string of the molecule is CCOCCCN1C(=O)c2[nH]nc(-c3ccccc3O)c2[C@H]1c1cc(OC)c(OC)c(OC)c1. The van der Waals surface area contributed by atoms with Crippen LogP contribution in [0.25, 0.3) is 11.3 Å². The first-order valence-electron chi connectivity index (χ1n) is 11.1. The number of para-hydroxylation sites is 1. The standard InChI is InChI=1S/C25H29N3O6/c1-5-34-12-8-11-28-23(15-13-18(31-2)24(33-4)19(14-15)32-3)20-21(26-27-22(20)25(28)30)16-9-6-7-10-17(16)29/h6-7,9-10,13-14,23,29H,5,8,11-12H2,1-4H3,(H,26,27)/t23-/m1/s1. The average molecular weight is 468 g/mol. The van der Waals surface area contributed by atoms with Gasteiger partial charge in [-0.25, -0.2) is 0 Å². The van der Waals surface area contributed by atoms with E-state index in [1.807, 2.05) is 25.1 Å². The van der Waals surface area contributed by atoms with Crippen molar-refractivity contribution in [3.63, 3.8) is 0 Å². The Bertz CT molecular complexity index is 1150. The fraction of sp³-hybridized carbons (Fsp3) is 0.360. The summed E-state index contributed by atoms with van der Waals surface area (Å²) in [6, 6.07) is 10.1. The summed E-state index contributed by atoms with van der Waals surface area (Å²) in [4.78, 5) is 15.3. The number of hydrogen-bond donors (Lipinski definition) is 2. The van der Waals surface area contributed by atoms with Crippen LogP contribution < -0.4 is 14.2 Å². The van der Waals surface area contributed by atoms with Gasteiger partial charge in [-0.05, 0) is 43.2 Å². The van der Waals surface area contributed by atoms with Crippen LogP contribution in [-0.2, 0) is 4.74 Å². The van der Waals surface area contributed by atoms with Crippen molar-refractivity contribution in [1.82, 2.24) is 15.1 Å². The molecule has 9 nitrogen and oxygen atoms in total. The number of H-pyrrole nitrogens is 1. The maximum atomic E-state index is 13.5. The Labute approximate surface area is 198 Å². The molecule has 2 N–H and O–H groups in total. The molecule has 2 aromatic carbocycles. The van der Waals surface area contributed by atoms with E-state index in [0.29, 0.717) is 65.9 Å². The quantitative estimate of drug-likeness (QED) is 0.437. The summed E-state index contributed by atoms with van der Waals surface area (Å²) < 4.78 is 22.1. The number of phenols is 1. The first-order valence-corrected chi connectivity index (χ1v) is 11.1. The van der Waals surface area contributed by atoms with Gasteiger partial charge in [0.1, 0.15) is 17.1 Å². The number of benzene rings is 2. The lowest BCUT2D eigenvalue weighted by Crippen LogP contribution is -2.31.